The van der Waals surface area contributed by atoms with Gasteiger partial charge in [-0.2, -0.15) is 4.98 Å². The molecule has 2 aromatic carbocycles. The van der Waals surface area contributed by atoms with Crippen molar-refractivity contribution in [3.05, 3.63) is 83.8 Å². The predicted molar refractivity (Wildman–Crippen MR) is 96.8 cm³/mol. The van der Waals surface area contributed by atoms with Crippen molar-refractivity contribution in [3.8, 4) is 0 Å². The Hall–Kier alpha value is -2.58. The van der Waals surface area contributed by atoms with Crippen LogP contribution in [0, 0.1) is 5.82 Å². The van der Waals surface area contributed by atoms with Crippen LogP contribution in [-0.4, -0.2) is 36.0 Å². The first-order valence-corrected chi connectivity index (χ1v) is 10.2. The molecule has 0 spiro atoms. The second-order valence-electron chi connectivity index (χ2n) is 6.58. The molecule has 0 saturated carbocycles. The van der Waals surface area contributed by atoms with Crippen LogP contribution in [0.1, 0.15) is 28.8 Å². The molecule has 4 rings (SSSR count). The van der Waals surface area contributed by atoms with Crippen molar-refractivity contribution < 1.29 is 17.3 Å². The van der Waals surface area contributed by atoms with Crippen LogP contribution in [-0.2, 0) is 15.8 Å². The zero-order valence-electron chi connectivity index (χ0n) is 14.4. The van der Waals surface area contributed by atoms with Gasteiger partial charge in [0.2, 0.25) is 16.4 Å². The first-order chi connectivity index (χ1) is 13.0. The Morgan fingerprint density at radius 2 is 1.74 bits per heavy atom. The number of benzene rings is 2. The van der Waals surface area contributed by atoms with Gasteiger partial charge >= 0.3 is 0 Å². The molecule has 0 radical (unpaired) electrons. The summed E-state index contributed by atoms with van der Waals surface area (Å²) in [6.45, 7) is 0.524. The van der Waals surface area contributed by atoms with Gasteiger partial charge in [0.15, 0.2) is 5.82 Å². The average molecular weight is 387 g/mol. The molecule has 6 nitrogen and oxygen atoms in total. The fourth-order valence-corrected chi connectivity index (χ4v) is 5.13. The Labute approximate surface area is 156 Å². The van der Waals surface area contributed by atoms with Crippen molar-refractivity contribution in [3.63, 3.8) is 0 Å². The Morgan fingerprint density at radius 1 is 1.04 bits per heavy atom. The van der Waals surface area contributed by atoms with E-state index in [-0.39, 0.29) is 29.7 Å². The van der Waals surface area contributed by atoms with Crippen molar-refractivity contribution in [1.29, 1.82) is 0 Å². The zero-order chi connectivity index (χ0) is 18.9. The van der Waals surface area contributed by atoms with Gasteiger partial charge in [-0.05, 0) is 11.6 Å². The molecule has 1 saturated heterocycles. The molecule has 1 fully saturated rings. The van der Waals surface area contributed by atoms with Crippen LogP contribution in [0.4, 0.5) is 4.39 Å². The van der Waals surface area contributed by atoms with E-state index < -0.39 is 15.8 Å². The predicted octanol–water partition coefficient (Wildman–Crippen LogP) is 2.92. The maximum Gasteiger partial charge on any atom is 0.218 e. The number of nitrogens with zero attached hydrogens (tertiary/aromatic N) is 3. The molecule has 0 N–H and O–H groups in total. The first kappa shape index (κ1) is 17.8. The first-order valence-electron chi connectivity index (χ1n) is 8.57. The van der Waals surface area contributed by atoms with Gasteiger partial charge in [0.1, 0.15) is 5.82 Å². The lowest BCUT2D eigenvalue weighted by atomic mass is 9.88. The van der Waals surface area contributed by atoms with Crippen molar-refractivity contribution in [1.82, 2.24) is 14.4 Å². The standard InChI is InChI=1S/C19H18FN3O3S/c20-18-9-5-4-8-15(18)12-27(24,25)23-10-16(14-6-2-1-3-7-14)17(11-23)19-21-13-26-22-19/h1-9,13,16-17H,10-12H2/t16-,17+/m1/s1. The zero-order valence-corrected chi connectivity index (χ0v) is 15.2. The van der Waals surface area contributed by atoms with E-state index in [1.807, 2.05) is 30.3 Å². The number of halogens is 1. The van der Waals surface area contributed by atoms with E-state index in [1.165, 1.54) is 22.8 Å². The van der Waals surface area contributed by atoms with Gasteiger partial charge in [0, 0.05) is 30.5 Å². The maximum absolute atomic E-state index is 13.9. The Kier molecular flexibility index (Phi) is 4.75. The lowest BCUT2D eigenvalue weighted by Gasteiger charge is -2.17. The summed E-state index contributed by atoms with van der Waals surface area (Å²) in [5.74, 6) is -0.733. The van der Waals surface area contributed by atoms with E-state index >= 15 is 0 Å². The van der Waals surface area contributed by atoms with E-state index in [9.17, 15) is 12.8 Å². The van der Waals surface area contributed by atoms with Crippen LogP contribution >= 0.6 is 0 Å². The molecular weight excluding hydrogens is 369 g/mol. The molecule has 140 valence electrons. The second-order valence-corrected chi connectivity index (χ2v) is 8.55. The van der Waals surface area contributed by atoms with Crippen LogP contribution in [0.5, 0.6) is 0 Å². The highest BCUT2D eigenvalue weighted by molar-refractivity contribution is 7.88. The summed E-state index contributed by atoms with van der Waals surface area (Å²) >= 11 is 0. The van der Waals surface area contributed by atoms with Crippen LogP contribution in [0.2, 0.25) is 0 Å². The minimum Gasteiger partial charge on any atom is -0.343 e. The van der Waals surface area contributed by atoms with Crippen molar-refractivity contribution >= 4 is 10.0 Å². The highest BCUT2D eigenvalue weighted by Crippen LogP contribution is 2.39. The molecule has 0 aliphatic carbocycles. The number of rotatable bonds is 5. The third-order valence-electron chi connectivity index (χ3n) is 4.91. The molecule has 3 aromatic rings. The normalized spacial score (nSPS) is 20.8. The summed E-state index contributed by atoms with van der Waals surface area (Å²) in [6, 6.07) is 15.6. The lowest BCUT2D eigenvalue weighted by molar-refractivity contribution is 0.401. The lowest BCUT2D eigenvalue weighted by Crippen LogP contribution is -2.30. The van der Waals surface area contributed by atoms with Crippen molar-refractivity contribution in [2.45, 2.75) is 17.6 Å². The molecule has 2 atom stereocenters. The molecular formula is C19H18FN3O3S. The third kappa shape index (κ3) is 3.63. The number of hydrogen-bond acceptors (Lipinski definition) is 5. The SMILES string of the molecule is O=S(=O)(Cc1ccccc1F)N1C[C@H](c2ccccc2)[C@@H](c2ncon2)C1. The topological polar surface area (TPSA) is 76.3 Å². The smallest absolute Gasteiger partial charge is 0.218 e. The summed E-state index contributed by atoms with van der Waals surface area (Å²) in [7, 11) is -3.69. The molecule has 27 heavy (non-hydrogen) atoms. The summed E-state index contributed by atoms with van der Waals surface area (Å²) in [5.41, 5.74) is 1.17. The monoisotopic (exact) mass is 387 g/mol. The molecule has 0 bridgehead atoms. The minimum atomic E-state index is -3.69. The number of hydrogen-bond donors (Lipinski definition) is 0. The maximum atomic E-state index is 13.9. The molecule has 8 heteroatoms. The van der Waals surface area contributed by atoms with Gasteiger partial charge in [0.05, 0.1) is 5.75 Å². The average Bonchev–Trinajstić information content (AvgIpc) is 3.34. The Morgan fingerprint density at radius 3 is 2.44 bits per heavy atom. The van der Waals surface area contributed by atoms with Gasteiger partial charge < -0.3 is 4.52 Å². The highest BCUT2D eigenvalue weighted by atomic mass is 32.2. The second kappa shape index (κ2) is 7.21. The van der Waals surface area contributed by atoms with Gasteiger partial charge in [0.25, 0.3) is 0 Å². The summed E-state index contributed by atoms with van der Waals surface area (Å²) in [6.07, 6.45) is 1.24. The van der Waals surface area contributed by atoms with Crippen LogP contribution < -0.4 is 0 Å². The summed E-state index contributed by atoms with van der Waals surface area (Å²) < 4.78 is 46.1. The van der Waals surface area contributed by atoms with E-state index in [2.05, 4.69) is 10.1 Å². The van der Waals surface area contributed by atoms with Gasteiger partial charge in [-0.1, -0.05) is 53.7 Å². The number of aromatic nitrogens is 2. The van der Waals surface area contributed by atoms with E-state index in [0.717, 1.165) is 5.56 Å². The van der Waals surface area contributed by atoms with Crippen LogP contribution in [0.3, 0.4) is 0 Å². The molecule has 1 aliphatic rings. The quantitative estimate of drug-likeness (QED) is 0.673. The summed E-state index contributed by atoms with van der Waals surface area (Å²) in [5, 5.41) is 3.92. The third-order valence-corrected chi connectivity index (χ3v) is 6.67. The van der Waals surface area contributed by atoms with Gasteiger partial charge in [-0.3, -0.25) is 0 Å². The molecule has 0 amide bonds. The fourth-order valence-electron chi connectivity index (χ4n) is 3.54. The van der Waals surface area contributed by atoms with Gasteiger partial charge in [-0.25, -0.2) is 17.1 Å². The van der Waals surface area contributed by atoms with Crippen molar-refractivity contribution in [2.24, 2.45) is 0 Å². The van der Waals surface area contributed by atoms with Crippen LogP contribution in [0.25, 0.3) is 0 Å². The molecule has 1 aromatic heterocycles. The van der Waals surface area contributed by atoms with Crippen LogP contribution in [0.15, 0.2) is 65.5 Å². The van der Waals surface area contributed by atoms with E-state index in [0.29, 0.717) is 12.4 Å². The Bertz CT molecular complexity index is 1010. The molecule has 2 heterocycles. The Balaban J connectivity index is 1.63. The van der Waals surface area contributed by atoms with Crippen molar-refractivity contribution in [2.75, 3.05) is 13.1 Å². The van der Waals surface area contributed by atoms with Gasteiger partial charge in [-0.15, -0.1) is 0 Å². The van der Waals surface area contributed by atoms with E-state index in [1.54, 1.807) is 12.1 Å². The number of sulfonamides is 1. The highest BCUT2D eigenvalue weighted by Gasteiger charge is 2.42. The largest absolute Gasteiger partial charge is 0.343 e. The fraction of sp³-hybridized carbons (Fsp3) is 0.263. The minimum absolute atomic E-state index is 0.0980. The molecule has 0 unspecified atom stereocenters. The summed E-state index contributed by atoms with van der Waals surface area (Å²) in [4.78, 5) is 4.13. The van der Waals surface area contributed by atoms with E-state index in [4.69, 9.17) is 4.52 Å². The molecule has 1 aliphatic heterocycles.